The third-order valence-corrected chi connectivity index (χ3v) is 5.00. The molecule has 156 valence electrons. The van der Waals surface area contributed by atoms with Gasteiger partial charge in [0.05, 0.1) is 13.1 Å². The fourth-order valence-corrected chi connectivity index (χ4v) is 3.30. The smallest absolute Gasteiger partial charge is 0.273 e. The lowest BCUT2D eigenvalue weighted by atomic mass is 10.2. The Morgan fingerprint density at radius 2 is 1.90 bits per heavy atom. The second-order valence-electron chi connectivity index (χ2n) is 7.19. The molecule has 1 amide bonds. The third kappa shape index (κ3) is 5.65. The van der Waals surface area contributed by atoms with E-state index >= 15 is 0 Å². The first-order valence-corrected chi connectivity index (χ1v) is 10.0. The van der Waals surface area contributed by atoms with Crippen LogP contribution in [0.2, 0.25) is 0 Å². The van der Waals surface area contributed by atoms with Gasteiger partial charge in [0.25, 0.3) is 5.91 Å². The van der Waals surface area contributed by atoms with Crippen molar-refractivity contribution < 1.29 is 13.7 Å². The van der Waals surface area contributed by atoms with Crippen molar-refractivity contribution in [3.05, 3.63) is 77.8 Å². The molecule has 2 aromatic heterocycles. The number of carbonyl (C=O) groups excluding carboxylic acids is 1. The minimum Gasteiger partial charge on any atom is -0.447 e. The molecule has 1 fully saturated rings. The van der Waals surface area contributed by atoms with Gasteiger partial charge in [0.2, 0.25) is 5.89 Å². The van der Waals surface area contributed by atoms with Crippen molar-refractivity contribution >= 4 is 12.0 Å². The molecule has 1 aliphatic heterocycles. The molecule has 0 atom stereocenters. The van der Waals surface area contributed by atoms with Crippen molar-refractivity contribution in [2.24, 2.45) is 0 Å². The molecule has 1 N–H and O–H groups in total. The van der Waals surface area contributed by atoms with Gasteiger partial charge in [0.15, 0.2) is 5.69 Å². The summed E-state index contributed by atoms with van der Waals surface area (Å²) in [6.45, 7) is 5.69. The van der Waals surface area contributed by atoms with Crippen molar-refractivity contribution in [1.29, 1.82) is 0 Å². The standard InChI is InChI=1S/C22H25N5O3/c28-22(23-15-19-8-14-30-25-19)20-17-29-21(24-20)16-27-12-10-26(11-13-27)9-4-7-18-5-2-1-3-6-18/h1-8,14,17H,9-13,15-16H2,(H,23,28)/b7-4+. The number of rotatable bonds is 8. The van der Waals surface area contributed by atoms with Crippen molar-refractivity contribution in [3.8, 4) is 0 Å². The highest BCUT2D eigenvalue weighted by Gasteiger charge is 2.19. The van der Waals surface area contributed by atoms with E-state index in [0.29, 0.717) is 18.1 Å². The van der Waals surface area contributed by atoms with E-state index in [9.17, 15) is 4.79 Å². The van der Waals surface area contributed by atoms with Gasteiger partial charge in [-0.3, -0.25) is 14.6 Å². The van der Waals surface area contributed by atoms with E-state index in [1.165, 1.54) is 18.1 Å². The summed E-state index contributed by atoms with van der Waals surface area (Å²) in [4.78, 5) is 21.2. The topological polar surface area (TPSA) is 87.6 Å². The van der Waals surface area contributed by atoms with Crippen LogP contribution >= 0.6 is 0 Å². The van der Waals surface area contributed by atoms with Crippen LogP contribution < -0.4 is 5.32 Å². The number of nitrogens with one attached hydrogen (secondary N) is 1. The van der Waals surface area contributed by atoms with Crippen molar-refractivity contribution in [2.75, 3.05) is 32.7 Å². The lowest BCUT2D eigenvalue weighted by Crippen LogP contribution is -2.45. The number of hydrogen-bond donors (Lipinski definition) is 1. The summed E-state index contributed by atoms with van der Waals surface area (Å²) >= 11 is 0. The second-order valence-corrected chi connectivity index (χ2v) is 7.19. The number of hydrogen-bond acceptors (Lipinski definition) is 7. The SMILES string of the molecule is O=C(NCc1ccon1)c1coc(CN2CCN(C/C=C/c3ccccc3)CC2)n1. The van der Waals surface area contributed by atoms with Gasteiger partial charge in [-0.1, -0.05) is 47.6 Å². The second kappa shape index (κ2) is 10.00. The van der Waals surface area contributed by atoms with Crippen LogP contribution in [0.4, 0.5) is 0 Å². The van der Waals surface area contributed by atoms with Crippen LogP contribution in [-0.4, -0.2) is 58.6 Å². The summed E-state index contributed by atoms with van der Waals surface area (Å²) in [6, 6.07) is 12.0. The highest BCUT2D eigenvalue weighted by atomic mass is 16.5. The first kappa shape index (κ1) is 20.1. The number of aromatic nitrogens is 2. The summed E-state index contributed by atoms with van der Waals surface area (Å²) in [6.07, 6.45) is 7.24. The van der Waals surface area contributed by atoms with Gasteiger partial charge in [0.1, 0.15) is 18.2 Å². The van der Waals surface area contributed by atoms with Gasteiger partial charge < -0.3 is 14.3 Å². The van der Waals surface area contributed by atoms with Gasteiger partial charge in [-0.25, -0.2) is 4.98 Å². The molecule has 0 saturated carbocycles. The molecule has 3 aromatic rings. The molecule has 4 rings (SSSR count). The number of carbonyl (C=O) groups is 1. The van der Waals surface area contributed by atoms with E-state index in [1.807, 2.05) is 18.2 Å². The monoisotopic (exact) mass is 407 g/mol. The van der Waals surface area contributed by atoms with Crippen molar-refractivity contribution in [3.63, 3.8) is 0 Å². The summed E-state index contributed by atoms with van der Waals surface area (Å²) in [5.41, 5.74) is 2.16. The van der Waals surface area contributed by atoms with Crippen LogP contribution in [0.25, 0.3) is 6.08 Å². The van der Waals surface area contributed by atoms with E-state index in [-0.39, 0.29) is 18.1 Å². The number of oxazole rings is 1. The van der Waals surface area contributed by atoms with E-state index in [2.05, 4.69) is 49.5 Å². The normalized spacial score (nSPS) is 15.6. The van der Waals surface area contributed by atoms with Gasteiger partial charge in [-0.05, 0) is 5.56 Å². The van der Waals surface area contributed by atoms with E-state index in [0.717, 1.165) is 32.7 Å². The first-order chi connectivity index (χ1) is 14.8. The lowest BCUT2D eigenvalue weighted by molar-refractivity contribution is 0.0945. The van der Waals surface area contributed by atoms with Crippen LogP contribution in [-0.2, 0) is 13.1 Å². The Kier molecular flexibility index (Phi) is 6.68. The van der Waals surface area contributed by atoms with E-state index in [1.54, 1.807) is 6.07 Å². The molecule has 8 heteroatoms. The number of nitrogens with zero attached hydrogens (tertiary/aromatic N) is 4. The Hall–Kier alpha value is -3.23. The Morgan fingerprint density at radius 1 is 1.10 bits per heavy atom. The van der Waals surface area contributed by atoms with Gasteiger partial charge in [-0.15, -0.1) is 0 Å². The van der Waals surface area contributed by atoms with Gasteiger partial charge >= 0.3 is 0 Å². The minimum absolute atomic E-state index is 0.276. The summed E-state index contributed by atoms with van der Waals surface area (Å²) in [5, 5.41) is 6.50. The predicted octanol–water partition coefficient (Wildman–Crippen LogP) is 2.42. The zero-order valence-corrected chi connectivity index (χ0v) is 16.7. The number of piperazine rings is 1. The molecule has 3 heterocycles. The van der Waals surface area contributed by atoms with E-state index in [4.69, 9.17) is 8.94 Å². The zero-order valence-electron chi connectivity index (χ0n) is 16.7. The molecule has 0 bridgehead atoms. The van der Waals surface area contributed by atoms with Crippen LogP contribution in [0.3, 0.4) is 0 Å². The van der Waals surface area contributed by atoms with Crippen molar-refractivity contribution in [2.45, 2.75) is 13.1 Å². The van der Waals surface area contributed by atoms with Crippen LogP contribution in [0, 0.1) is 0 Å². The Balaban J connectivity index is 1.19. The highest BCUT2D eigenvalue weighted by molar-refractivity contribution is 5.91. The average molecular weight is 407 g/mol. The minimum atomic E-state index is -0.289. The summed E-state index contributed by atoms with van der Waals surface area (Å²) in [7, 11) is 0. The largest absolute Gasteiger partial charge is 0.447 e. The van der Waals surface area contributed by atoms with Crippen LogP contribution in [0.5, 0.6) is 0 Å². The molecule has 0 spiro atoms. The van der Waals surface area contributed by atoms with Crippen molar-refractivity contribution in [1.82, 2.24) is 25.3 Å². The average Bonchev–Trinajstić information content (AvgIpc) is 3.46. The summed E-state index contributed by atoms with van der Waals surface area (Å²) < 4.78 is 10.2. The highest BCUT2D eigenvalue weighted by Crippen LogP contribution is 2.10. The van der Waals surface area contributed by atoms with Crippen LogP contribution in [0.1, 0.15) is 27.6 Å². The molecule has 1 aliphatic rings. The summed E-state index contributed by atoms with van der Waals surface area (Å²) in [5.74, 6) is 0.266. The third-order valence-electron chi connectivity index (χ3n) is 5.00. The van der Waals surface area contributed by atoms with Gasteiger partial charge in [0, 0.05) is 38.8 Å². The molecule has 0 unspecified atom stereocenters. The Bertz CT molecular complexity index is 944. The molecular formula is C22H25N5O3. The fourth-order valence-electron chi connectivity index (χ4n) is 3.30. The zero-order chi connectivity index (χ0) is 20.6. The molecule has 1 aromatic carbocycles. The molecular weight excluding hydrogens is 382 g/mol. The Morgan fingerprint density at radius 3 is 2.67 bits per heavy atom. The fraction of sp³-hybridized carbons (Fsp3) is 0.318. The maximum absolute atomic E-state index is 12.2. The predicted molar refractivity (Wildman–Crippen MR) is 111 cm³/mol. The molecule has 8 nitrogen and oxygen atoms in total. The number of benzene rings is 1. The molecule has 0 radical (unpaired) electrons. The molecule has 1 saturated heterocycles. The first-order valence-electron chi connectivity index (χ1n) is 10.0. The molecule has 30 heavy (non-hydrogen) atoms. The van der Waals surface area contributed by atoms with E-state index < -0.39 is 0 Å². The Labute approximate surface area is 175 Å². The quantitative estimate of drug-likeness (QED) is 0.614. The van der Waals surface area contributed by atoms with Gasteiger partial charge in [-0.2, -0.15) is 0 Å². The van der Waals surface area contributed by atoms with Crippen LogP contribution in [0.15, 0.2) is 63.9 Å². The maximum atomic E-state index is 12.2. The lowest BCUT2D eigenvalue weighted by Gasteiger charge is -2.33. The number of amides is 1. The maximum Gasteiger partial charge on any atom is 0.273 e. The molecule has 0 aliphatic carbocycles.